The number of hydrogen-bond acceptors (Lipinski definition) is 5. The molecular formula is C39H43N3O4. The monoisotopic (exact) mass is 617 g/mol. The maximum Gasteiger partial charge on any atom is 0.223 e. The van der Waals surface area contributed by atoms with Crippen LogP contribution in [0.25, 0.3) is 10.9 Å². The van der Waals surface area contributed by atoms with Crippen LogP contribution in [0.3, 0.4) is 0 Å². The van der Waals surface area contributed by atoms with Gasteiger partial charge >= 0.3 is 0 Å². The molecule has 1 amide bonds. The molecule has 5 aromatic rings. The van der Waals surface area contributed by atoms with Gasteiger partial charge in [0.2, 0.25) is 5.91 Å². The van der Waals surface area contributed by atoms with Crippen LogP contribution in [0.15, 0.2) is 103 Å². The van der Waals surface area contributed by atoms with Gasteiger partial charge in [-0.1, -0.05) is 73.7 Å². The van der Waals surface area contributed by atoms with Gasteiger partial charge in [-0.15, -0.1) is 0 Å². The van der Waals surface area contributed by atoms with E-state index in [2.05, 4.69) is 65.1 Å². The van der Waals surface area contributed by atoms with E-state index in [-0.39, 0.29) is 11.8 Å². The molecule has 1 atom stereocenters. The molecule has 0 saturated carbocycles. The minimum absolute atomic E-state index is 0.171. The average Bonchev–Trinajstić information content (AvgIpc) is 3.48. The second kappa shape index (κ2) is 14.6. The summed E-state index contributed by atoms with van der Waals surface area (Å²) in [5.74, 6) is 2.18. The molecule has 0 unspecified atom stereocenters. The lowest BCUT2D eigenvalue weighted by Gasteiger charge is -2.35. The molecule has 0 spiro atoms. The second-order valence-electron chi connectivity index (χ2n) is 11.8. The van der Waals surface area contributed by atoms with Crippen molar-refractivity contribution in [2.75, 3.05) is 46.9 Å². The molecule has 1 fully saturated rings. The van der Waals surface area contributed by atoms with E-state index in [9.17, 15) is 4.79 Å². The van der Waals surface area contributed by atoms with Crippen LogP contribution in [0.4, 0.5) is 0 Å². The molecule has 0 aliphatic carbocycles. The van der Waals surface area contributed by atoms with Gasteiger partial charge in [-0.25, -0.2) is 0 Å². The van der Waals surface area contributed by atoms with Gasteiger partial charge < -0.3 is 28.6 Å². The highest BCUT2D eigenvalue weighted by Crippen LogP contribution is 2.39. The molecule has 1 aliphatic heterocycles. The van der Waals surface area contributed by atoms with E-state index < -0.39 is 0 Å². The third-order valence-electron chi connectivity index (χ3n) is 9.08. The number of aromatic nitrogens is 1. The molecule has 7 heteroatoms. The largest absolute Gasteiger partial charge is 0.497 e. The van der Waals surface area contributed by atoms with Crippen LogP contribution >= 0.6 is 0 Å². The summed E-state index contributed by atoms with van der Waals surface area (Å²) in [5, 5.41) is 1.15. The lowest BCUT2D eigenvalue weighted by Crippen LogP contribution is -2.48. The van der Waals surface area contributed by atoms with Gasteiger partial charge in [-0.2, -0.15) is 0 Å². The molecule has 1 saturated heterocycles. The highest BCUT2D eigenvalue weighted by atomic mass is 16.5. The molecule has 46 heavy (non-hydrogen) atoms. The van der Waals surface area contributed by atoms with Crippen LogP contribution in [-0.4, -0.2) is 67.2 Å². The number of ether oxygens (including phenoxy) is 3. The minimum Gasteiger partial charge on any atom is -0.497 e. The molecular weight excluding hydrogens is 574 g/mol. The smallest absolute Gasteiger partial charge is 0.223 e. The first kappa shape index (κ1) is 31.2. The van der Waals surface area contributed by atoms with Gasteiger partial charge in [0.15, 0.2) is 11.5 Å². The van der Waals surface area contributed by atoms with Gasteiger partial charge in [-0.05, 0) is 59.1 Å². The molecule has 7 nitrogen and oxygen atoms in total. The maximum absolute atomic E-state index is 14.0. The number of carbonyl (C=O) groups excluding carboxylic acids is 1. The van der Waals surface area contributed by atoms with Gasteiger partial charge in [0.25, 0.3) is 0 Å². The predicted octanol–water partition coefficient (Wildman–Crippen LogP) is 6.97. The first-order valence-electron chi connectivity index (χ1n) is 16.1. The first-order valence-corrected chi connectivity index (χ1v) is 16.1. The molecule has 0 bridgehead atoms. The van der Waals surface area contributed by atoms with Crippen molar-refractivity contribution < 1.29 is 19.0 Å². The van der Waals surface area contributed by atoms with Gasteiger partial charge in [-0.3, -0.25) is 4.79 Å². The fraction of sp³-hybridized carbons (Fsp3) is 0.308. The summed E-state index contributed by atoms with van der Waals surface area (Å²) in [7, 11) is 3.35. The Morgan fingerprint density at radius 3 is 2.24 bits per heavy atom. The summed E-state index contributed by atoms with van der Waals surface area (Å²) in [4.78, 5) is 18.4. The molecule has 2 heterocycles. The Kier molecular flexibility index (Phi) is 9.89. The summed E-state index contributed by atoms with van der Waals surface area (Å²) >= 11 is 0. The maximum atomic E-state index is 14.0. The second-order valence-corrected chi connectivity index (χ2v) is 11.8. The number of nitrogens with zero attached hydrogens (tertiary/aromatic N) is 3. The van der Waals surface area contributed by atoms with Crippen LogP contribution in [-0.2, 0) is 17.9 Å². The van der Waals surface area contributed by atoms with E-state index in [1.54, 1.807) is 14.2 Å². The SMILES string of the molecule is CCN1CCN(C(=O)C[C@@H](c2ccc(OCc3ccccc3)c(OC)c2)c2cn(Cc3ccc(OC)cc3)c3ccccc23)CC1. The van der Waals surface area contributed by atoms with Gasteiger partial charge in [0.1, 0.15) is 12.4 Å². The number of benzene rings is 4. The Labute approximate surface area is 271 Å². The molecule has 1 aliphatic rings. The van der Waals surface area contributed by atoms with Gasteiger partial charge in [0, 0.05) is 62.2 Å². The molecule has 1 aromatic heterocycles. The van der Waals surface area contributed by atoms with Crippen molar-refractivity contribution in [1.29, 1.82) is 0 Å². The summed E-state index contributed by atoms with van der Waals surface area (Å²) in [6.07, 6.45) is 2.60. The van der Waals surface area contributed by atoms with Crippen molar-refractivity contribution in [3.05, 3.63) is 126 Å². The lowest BCUT2D eigenvalue weighted by molar-refractivity contribution is -0.133. The fourth-order valence-corrected chi connectivity index (χ4v) is 6.39. The van der Waals surface area contributed by atoms with Crippen LogP contribution in [0.1, 0.15) is 41.5 Å². The molecule has 6 rings (SSSR count). The Hall–Kier alpha value is -4.75. The summed E-state index contributed by atoms with van der Waals surface area (Å²) in [5.41, 5.74) is 5.56. The Balaban J connectivity index is 1.35. The van der Waals surface area contributed by atoms with E-state index in [1.807, 2.05) is 59.5 Å². The number of rotatable bonds is 12. The van der Waals surface area contributed by atoms with Crippen molar-refractivity contribution in [1.82, 2.24) is 14.4 Å². The van der Waals surface area contributed by atoms with Crippen molar-refractivity contribution in [3.63, 3.8) is 0 Å². The summed E-state index contributed by atoms with van der Waals surface area (Å²) in [6, 6.07) is 32.9. The van der Waals surface area contributed by atoms with Crippen LogP contribution < -0.4 is 14.2 Å². The van der Waals surface area contributed by atoms with Crippen molar-refractivity contribution in [2.24, 2.45) is 0 Å². The summed E-state index contributed by atoms with van der Waals surface area (Å²) < 4.78 is 19.7. The normalized spacial score (nSPS) is 14.3. The topological polar surface area (TPSA) is 56.2 Å². The molecule has 0 radical (unpaired) electrons. The lowest BCUT2D eigenvalue weighted by atomic mass is 9.87. The molecule has 4 aromatic carbocycles. The number of carbonyl (C=O) groups is 1. The zero-order chi connectivity index (χ0) is 31.9. The fourth-order valence-electron chi connectivity index (χ4n) is 6.39. The first-order chi connectivity index (χ1) is 22.6. The molecule has 238 valence electrons. The number of amides is 1. The Bertz CT molecular complexity index is 1740. The van der Waals surface area contributed by atoms with Crippen LogP contribution in [0, 0.1) is 0 Å². The van der Waals surface area contributed by atoms with E-state index in [0.29, 0.717) is 31.1 Å². The van der Waals surface area contributed by atoms with E-state index in [1.165, 1.54) is 5.56 Å². The van der Waals surface area contributed by atoms with Crippen LogP contribution in [0.5, 0.6) is 17.2 Å². The predicted molar refractivity (Wildman–Crippen MR) is 183 cm³/mol. The van der Waals surface area contributed by atoms with E-state index in [0.717, 1.165) is 66.1 Å². The number of likely N-dealkylation sites (N-methyl/N-ethyl adjacent to an activating group) is 1. The number of fused-ring (bicyclic) bond motifs is 1. The highest BCUT2D eigenvalue weighted by Gasteiger charge is 2.28. The van der Waals surface area contributed by atoms with E-state index in [4.69, 9.17) is 14.2 Å². The van der Waals surface area contributed by atoms with Crippen molar-refractivity contribution >= 4 is 16.8 Å². The standard InChI is InChI=1S/C39H43N3O4/c1-4-40-20-22-41(23-21-40)39(43)25-34(31-16-19-37(38(24-31)45-3)46-28-30-10-6-5-7-11-30)35-27-42(36-13-9-8-12-33(35)36)26-29-14-17-32(44-2)18-15-29/h5-19,24,27,34H,4,20-23,25-26,28H2,1-3H3/t34-/m0/s1. The van der Waals surface area contributed by atoms with Crippen molar-refractivity contribution in [2.45, 2.75) is 32.4 Å². The van der Waals surface area contributed by atoms with Crippen molar-refractivity contribution in [3.8, 4) is 17.2 Å². The Morgan fingerprint density at radius 1 is 0.783 bits per heavy atom. The zero-order valence-corrected chi connectivity index (χ0v) is 27.0. The number of para-hydroxylation sites is 1. The minimum atomic E-state index is -0.171. The third-order valence-corrected chi connectivity index (χ3v) is 9.08. The average molecular weight is 618 g/mol. The summed E-state index contributed by atoms with van der Waals surface area (Å²) in [6.45, 7) is 7.68. The number of piperazine rings is 1. The van der Waals surface area contributed by atoms with Gasteiger partial charge in [0.05, 0.1) is 14.2 Å². The number of hydrogen-bond donors (Lipinski definition) is 0. The zero-order valence-electron chi connectivity index (χ0n) is 27.0. The quantitative estimate of drug-likeness (QED) is 0.151. The highest BCUT2D eigenvalue weighted by molar-refractivity contribution is 5.87. The Morgan fingerprint density at radius 2 is 1.52 bits per heavy atom. The van der Waals surface area contributed by atoms with Crippen LogP contribution in [0.2, 0.25) is 0 Å². The third kappa shape index (κ3) is 7.05. The number of methoxy groups -OCH3 is 2. The van der Waals surface area contributed by atoms with E-state index >= 15 is 0 Å². The molecule has 0 N–H and O–H groups in total.